The van der Waals surface area contributed by atoms with E-state index in [1.807, 2.05) is 36.4 Å². The summed E-state index contributed by atoms with van der Waals surface area (Å²) < 4.78 is 5.14. The number of nitrogens with one attached hydrogen (secondary N) is 2. The van der Waals surface area contributed by atoms with Crippen LogP contribution in [0.4, 0.5) is 10.5 Å². The number of carboxylic acids is 1. The number of carboxylic acid groups (broad SMARTS) is 1. The highest BCUT2D eigenvalue weighted by Gasteiger charge is 2.14. The molecular formula is C25H34N3O4+. The number of urea groups is 1. The van der Waals surface area contributed by atoms with E-state index < -0.39 is 5.97 Å². The fraction of sp³-hybridized carbons (Fsp3) is 0.400. The van der Waals surface area contributed by atoms with Gasteiger partial charge >= 0.3 is 12.0 Å². The number of hydrogen-bond acceptors (Lipinski definition) is 3. The molecule has 1 aromatic heterocycles. The van der Waals surface area contributed by atoms with Gasteiger partial charge in [-0.3, -0.25) is 4.90 Å². The van der Waals surface area contributed by atoms with E-state index in [9.17, 15) is 14.7 Å². The number of aromatic amines is 1. The predicted molar refractivity (Wildman–Crippen MR) is 126 cm³/mol. The molecule has 0 saturated heterocycles. The lowest BCUT2D eigenvalue weighted by molar-refractivity contribution is -0.364. The molecule has 0 unspecified atom stereocenters. The summed E-state index contributed by atoms with van der Waals surface area (Å²) in [6, 6.07) is 11.2. The van der Waals surface area contributed by atoms with Crippen molar-refractivity contribution < 1.29 is 24.4 Å². The summed E-state index contributed by atoms with van der Waals surface area (Å²) in [7, 11) is 1.75. The van der Waals surface area contributed by atoms with Crippen molar-refractivity contribution in [2.45, 2.75) is 46.0 Å². The zero-order valence-electron chi connectivity index (χ0n) is 19.2. The number of anilines is 1. The highest BCUT2D eigenvalue weighted by molar-refractivity contribution is 5.92. The standard InChI is InChI=1S/C25H33N3O4/c1-4-6-7-8-9-15-26-25(31)28(3)21-12-10-11-20(17-21)22-14-13-19(18-27-22)16-23(24(29)30)32-5-2/h10-14,16-18H,4-9,15H2,1-3H3,(H,26,31)(H,29,30)/p+1/b23-16-. The van der Waals surface area contributed by atoms with E-state index in [-0.39, 0.29) is 18.4 Å². The van der Waals surface area contributed by atoms with Crippen molar-refractivity contribution in [1.82, 2.24) is 5.32 Å². The number of hydrogen-bond donors (Lipinski definition) is 2. The van der Waals surface area contributed by atoms with E-state index in [4.69, 9.17) is 4.74 Å². The number of carbonyl (C=O) groups excluding carboxylic acids is 1. The van der Waals surface area contributed by atoms with Crippen LogP contribution in [-0.4, -0.2) is 37.3 Å². The molecule has 172 valence electrons. The van der Waals surface area contributed by atoms with Gasteiger partial charge in [-0.15, -0.1) is 0 Å². The molecule has 0 radical (unpaired) electrons. The number of pyridine rings is 1. The number of aromatic nitrogens is 1. The first kappa shape index (κ1) is 24.9. The Morgan fingerprint density at radius 2 is 1.91 bits per heavy atom. The summed E-state index contributed by atoms with van der Waals surface area (Å²) in [4.78, 5) is 28.5. The van der Waals surface area contributed by atoms with Crippen molar-refractivity contribution in [3.63, 3.8) is 0 Å². The topological polar surface area (TPSA) is 93.0 Å². The highest BCUT2D eigenvalue weighted by atomic mass is 16.5. The third-order valence-corrected chi connectivity index (χ3v) is 5.05. The second kappa shape index (κ2) is 13.1. The molecule has 0 spiro atoms. The summed E-state index contributed by atoms with van der Waals surface area (Å²) >= 11 is 0. The summed E-state index contributed by atoms with van der Waals surface area (Å²) in [5.41, 5.74) is 3.24. The van der Waals surface area contributed by atoms with Crippen molar-refractivity contribution in [1.29, 1.82) is 0 Å². The normalized spacial score (nSPS) is 11.2. The number of carbonyl (C=O) groups is 2. The van der Waals surface area contributed by atoms with Gasteiger partial charge in [0.2, 0.25) is 11.5 Å². The first-order valence-electron chi connectivity index (χ1n) is 11.2. The van der Waals surface area contributed by atoms with Crippen molar-refractivity contribution in [3.8, 4) is 11.3 Å². The average molecular weight is 441 g/mol. The first-order valence-corrected chi connectivity index (χ1v) is 11.2. The van der Waals surface area contributed by atoms with Gasteiger partial charge in [-0.2, -0.15) is 0 Å². The van der Waals surface area contributed by atoms with Crippen LogP contribution in [0.5, 0.6) is 0 Å². The third kappa shape index (κ3) is 7.72. The summed E-state index contributed by atoms with van der Waals surface area (Å²) in [5, 5.41) is 12.2. The Kier molecular flexibility index (Phi) is 10.2. The fourth-order valence-electron chi connectivity index (χ4n) is 3.22. The number of nitrogens with zero attached hydrogens (tertiary/aromatic N) is 1. The highest BCUT2D eigenvalue weighted by Crippen LogP contribution is 2.22. The van der Waals surface area contributed by atoms with Crippen LogP contribution in [0, 0.1) is 0 Å². The van der Waals surface area contributed by atoms with E-state index >= 15 is 0 Å². The Morgan fingerprint density at radius 3 is 2.56 bits per heavy atom. The van der Waals surface area contributed by atoms with E-state index in [2.05, 4.69) is 17.2 Å². The molecule has 7 nitrogen and oxygen atoms in total. The molecule has 0 saturated carbocycles. The molecule has 0 fully saturated rings. The van der Waals surface area contributed by atoms with Crippen LogP contribution in [0.3, 0.4) is 0 Å². The molecule has 0 aliphatic rings. The van der Waals surface area contributed by atoms with Gasteiger partial charge in [0, 0.05) is 42.5 Å². The second-order valence-electron chi connectivity index (χ2n) is 7.54. The monoisotopic (exact) mass is 440 g/mol. The maximum atomic E-state index is 12.5. The second-order valence-corrected chi connectivity index (χ2v) is 7.54. The van der Waals surface area contributed by atoms with Gasteiger partial charge in [0.1, 0.15) is 0 Å². The Balaban J connectivity index is 2.03. The van der Waals surface area contributed by atoms with Crippen molar-refractivity contribution in [2.75, 3.05) is 25.1 Å². The number of rotatable bonds is 12. The number of ether oxygens (including phenoxy) is 1. The Morgan fingerprint density at radius 1 is 1.12 bits per heavy atom. The number of benzene rings is 1. The predicted octanol–water partition coefficient (Wildman–Crippen LogP) is 4.75. The van der Waals surface area contributed by atoms with Crippen LogP contribution in [-0.2, 0) is 9.53 Å². The summed E-state index contributed by atoms with van der Waals surface area (Å²) in [6.45, 7) is 4.89. The van der Waals surface area contributed by atoms with Gasteiger partial charge in [-0.1, -0.05) is 38.7 Å². The quantitative estimate of drug-likeness (QED) is 0.283. The van der Waals surface area contributed by atoms with Crippen LogP contribution in [0.15, 0.2) is 48.4 Å². The van der Waals surface area contributed by atoms with Gasteiger partial charge in [0.05, 0.1) is 6.61 Å². The van der Waals surface area contributed by atoms with E-state index in [1.54, 1.807) is 25.1 Å². The van der Waals surface area contributed by atoms with E-state index in [1.165, 1.54) is 25.3 Å². The lowest BCUT2D eigenvalue weighted by Gasteiger charge is -2.18. The minimum absolute atomic E-state index is 0.103. The van der Waals surface area contributed by atoms with Crippen molar-refractivity contribution in [2.24, 2.45) is 0 Å². The molecule has 2 aromatic rings. The van der Waals surface area contributed by atoms with E-state index in [0.717, 1.165) is 29.8 Å². The first-order chi connectivity index (χ1) is 15.5. The molecule has 0 atom stereocenters. The van der Waals surface area contributed by atoms with Crippen LogP contribution in [0.25, 0.3) is 17.3 Å². The Bertz CT molecular complexity index is 910. The minimum Gasteiger partial charge on any atom is -0.487 e. The number of H-pyrrole nitrogens is 1. The molecule has 1 aromatic carbocycles. The lowest BCUT2D eigenvalue weighted by Crippen LogP contribution is -2.37. The maximum Gasteiger partial charge on any atom is 0.371 e. The van der Waals surface area contributed by atoms with Crippen LogP contribution < -0.4 is 15.2 Å². The van der Waals surface area contributed by atoms with Crippen LogP contribution >= 0.6 is 0 Å². The fourth-order valence-corrected chi connectivity index (χ4v) is 3.22. The molecule has 32 heavy (non-hydrogen) atoms. The molecule has 0 aliphatic carbocycles. The van der Waals surface area contributed by atoms with Crippen LogP contribution in [0.2, 0.25) is 0 Å². The lowest BCUT2D eigenvalue weighted by atomic mass is 10.1. The maximum absolute atomic E-state index is 12.5. The molecule has 0 bridgehead atoms. The molecule has 0 aliphatic heterocycles. The van der Waals surface area contributed by atoms with Crippen molar-refractivity contribution in [3.05, 3.63) is 53.9 Å². The summed E-state index contributed by atoms with van der Waals surface area (Å²) in [6.07, 6.45) is 8.97. The Hall–Kier alpha value is -3.35. The van der Waals surface area contributed by atoms with Crippen molar-refractivity contribution >= 4 is 23.8 Å². The zero-order valence-corrected chi connectivity index (χ0v) is 19.2. The third-order valence-electron chi connectivity index (χ3n) is 5.05. The molecular weight excluding hydrogens is 406 g/mol. The smallest absolute Gasteiger partial charge is 0.371 e. The van der Waals surface area contributed by atoms with Gasteiger partial charge < -0.3 is 15.2 Å². The molecule has 7 heteroatoms. The number of unbranched alkanes of at least 4 members (excludes halogenated alkanes) is 4. The van der Waals surface area contributed by atoms with Gasteiger partial charge in [0.15, 0.2) is 6.20 Å². The number of aliphatic carboxylic acids is 1. The van der Waals surface area contributed by atoms with E-state index in [0.29, 0.717) is 12.1 Å². The number of amides is 2. The van der Waals surface area contributed by atoms with Gasteiger partial charge in [0.25, 0.3) is 0 Å². The SMILES string of the molecule is CCCCCCCNC(=O)N(C)c1cccc(-c2ccc(/C=C(\OCC)C(=O)O)c[nH+]2)c1. The molecule has 2 amide bonds. The van der Waals surface area contributed by atoms with Crippen LogP contribution in [0.1, 0.15) is 51.5 Å². The van der Waals surface area contributed by atoms with Gasteiger partial charge in [-0.05, 0) is 37.6 Å². The molecule has 2 rings (SSSR count). The minimum atomic E-state index is -1.11. The average Bonchev–Trinajstić information content (AvgIpc) is 2.81. The summed E-state index contributed by atoms with van der Waals surface area (Å²) in [5.74, 6) is -1.21. The zero-order chi connectivity index (χ0) is 23.3. The van der Waals surface area contributed by atoms with Gasteiger partial charge in [-0.25, -0.2) is 14.6 Å². The molecule has 3 N–H and O–H groups in total. The largest absolute Gasteiger partial charge is 0.487 e. The Labute approximate surface area is 190 Å². The molecule has 1 heterocycles.